The van der Waals surface area contributed by atoms with Gasteiger partial charge in [-0.25, -0.2) is 0 Å². The van der Waals surface area contributed by atoms with Gasteiger partial charge in [0.2, 0.25) is 0 Å². The van der Waals surface area contributed by atoms with Crippen LogP contribution in [0.5, 0.6) is 5.75 Å². The second-order valence-corrected chi connectivity index (χ2v) is 8.75. The summed E-state index contributed by atoms with van der Waals surface area (Å²) in [6, 6.07) is 13.4. The molecule has 7 heteroatoms. The quantitative estimate of drug-likeness (QED) is 0.409. The van der Waals surface area contributed by atoms with Crippen molar-refractivity contribution in [1.82, 2.24) is 25.3 Å². The van der Waals surface area contributed by atoms with Crippen molar-refractivity contribution in [3.8, 4) is 28.3 Å². The molecule has 166 valence electrons. The highest BCUT2D eigenvalue weighted by Gasteiger charge is 2.25. The van der Waals surface area contributed by atoms with Gasteiger partial charge in [0.1, 0.15) is 5.75 Å². The Morgan fingerprint density at radius 1 is 1.16 bits per heavy atom. The van der Waals surface area contributed by atoms with Crippen LogP contribution in [-0.2, 0) is 6.42 Å². The highest BCUT2D eigenvalue weighted by atomic mass is 16.3. The van der Waals surface area contributed by atoms with E-state index < -0.39 is 0 Å². The molecule has 32 heavy (non-hydrogen) atoms. The molecular formula is C25H29N5O2. The first-order valence-electron chi connectivity index (χ1n) is 11.3. The predicted octanol–water partition coefficient (Wildman–Crippen LogP) is 2.72. The van der Waals surface area contributed by atoms with Gasteiger partial charge in [0.05, 0.1) is 17.0 Å². The van der Waals surface area contributed by atoms with Crippen LogP contribution in [0.25, 0.3) is 22.5 Å². The number of hydrogen-bond donors (Lipinski definition) is 3. The van der Waals surface area contributed by atoms with Crippen molar-refractivity contribution in [1.29, 1.82) is 0 Å². The summed E-state index contributed by atoms with van der Waals surface area (Å²) in [7, 11) is 2.15. The lowest BCUT2D eigenvalue weighted by atomic mass is 10.0. The molecule has 3 aromatic rings. The first-order valence-corrected chi connectivity index (χ1v) is 11.3. The van der Waals surface area contributed by atoms with Gasteiger partial charge in [-0.3, -0.25) is 9.89 Å². The Labute approximate surface area is 188 Å². The van der Waals surface area contributed by atoms with Gasteiger partial charge >= 0.3 is 0 Å². The number of nitrogens with zero attached hydrogens (tertiary/aromatic N) is 3. The smallest absolute Gasteiger partial charge is 0.255 e. The van der Waals surface area contributed by atoms with Gasteiger partial charge in [0, 0.05) is 55.8 Å². The summed E-state index contributed by atoms with van der Waals surface area (Å²) in [5, 5.41) is 21.0. The molecule has 0 spiro atoms. The average molecular weight is 432 g/mol. The molecule has 3 N–H and O–H groups in total. The molecule has 0 atom stereocenters. The van der Waals surface area contributed by atoms with E-state index >= 15 is 0 Å². The highest BCUT2D eigenvalue weighted by Crippen LogP contribution is 2.40. The summed E-state index contributed by atoms with van der Waals surface area (Å²) < 4.78 is 0. The number of aromatic nitrogens is 2. The fraction of sp³-hybridized carbons (Fsp3) is 0.360. The summed E-state index contributed by atoms with van der Waals surface area (Å²) in [6.07, 6.45) is 1.70. The monoisotopic (exact) mass is 431 g/mol. The predicted molar refractivity (Wildman–Crippen MR) is 125 cm³/mol. The van der Waals surface area contributed by atoms with Gasteiger partial charge in [-0.05, 0) is 43.8 Å². The molecule has 1 saturated heterocycles. The second-order valence-electron chi connectivity index (χ2n) is 8.75. The number of aromatic amines is 1. The molecule has 0 radical (unpaired) electrons. The molecule has 1 amide bonds. The molecule has 0 unspecified atom stereocenters. The summed E-state index contributed by atoms with van der Waals surface area (Å²) >= 11 is 0. The minimum Gasteiger partial charge on any atom is -0.507 e. The maximum atomic E-state index is 12.8. The summed E-state index contributed by atoms with van der Waals surface area (Å²) in [5.74, 6) is -0.265. The molecular weight excluding hydrogens is 402 g/mol. The van der Waals surface area contributed by atoms with Crippen molar-refractivity contribution in [2.45, 2.75) is 12.8 Å². The van der Waals surface area contributed by atoms with Crippen molar-refractivity contribution in [3.63, 3.8) is 0 Å². The van der Waals surface area contributed by atoms with E-state index in [4.69, 9.17) is 0 Å². The fourth-order valence-corrected chi connectivity index (χ4v) is 4.64. The number of likely N-dealkylation sites (N-methyl/N-ethyl adjacent to an activating group) is 1. The number of phenols is 1. The van der Waals surface area contributed by atoms with Crippen molar-refractivity contribution < 1.29 is 9.90 Å². The number of fused-ring (bicyclic) bond motifs is 3. The molecule has 1 aromatic heterocycles. The Morgan fingerprint density at radius 2 is 1.97 bits per heavy atom. The second kappa shape index (κ2) is 8.76. The normalized spacial score (nSPS) is 16.0. The molecule has 2 aromatic carbocycles. The van der Waals surface area contributed by atoms with Gasteiger partial charge in [0.25, 0.3) is 5.91 Å². The van der Waals surface area contributed by atoms with E-state index in [0.717, 1.165) is 68.1 Å². The van der Waals surface area contributed by atoms with E-state index in [1.54, 1.807) is 12.1 Å². The van der Waals surface area contributed by atoms with E-state index in [2.05, 4.69) is 44.5 Å². The zero-order valence-electron chi connectivity index (χ0n) is 18.4. The molecule has 2 aliphatic rings. The molecule has 2 heterocycles. The molecule has 7 nitrogen and oxygen atoms in total. The number of amides is 1. The third-order valence-corrected chi connectivity index (χ3v) is 6.57. The van der Waals surface area contributed by atoms with Crippen LogP contribution in [0, 0.1) is 0 Å². The van der Waals surface area contributed by atoms with Gasteiger partial charge in [-0.2, -0.15) is 5.10 Å². The largest absolute Gasteiger partial charge is 0.507 e. The van der Waals surface area contributed by atoms with Gasteiger partial charge in [0.15, 0.2) is 0 Å². The number of piperazine rings is 1. The molecule has 1 fully saturated rings. The van der Waals surface area contributed by atoms with Crippen LogP contribution in [0.15, 0.2) is 42.5 Å². The van der Waals surface area contributed by atoms with Gasteiger partial charge in [-0.15, -0.1) is 0 Å². The van der Waals surface area contributed by atoms with Crippen LogP contribution in [0.4, 0.5) is 0 Å². The third kappa shape index (κ3) is 4.01. The van der Waals surface area contributed by atoms with Crippen molar-refractivity contribution >= 4 is 5.91 Å². The number of rotatable bonds is 6. The van der Waals surface area contributed by atoms with E-state index in [-0.39, 0.29) is 17.2 Å². The van der Waals surface area contributed by atoms with Crippen LogP contribution < -0.4 is 5.32 Å². The first-order chi connectivity index (χ1) is 15.6. The van der Waals surface area contributed by atoms with E-state index in [9.17, 15) is 9.90 Å². The van der Waals surface area contributed by atoms with Crippen molar-refractivity contribution in [2.24, 2.45) is 0 Å². The number of aromatic hydroxyl groups is 1. The number of nitrogens with one attached hydrogen (secondary N) is 2. The Kier molecular flexibility index (Phi) is 5.68. The minimum absolute atomic E-state index is 0.0132. The maximum Gasteiger partial charge on any atom is 0.255 e. The van der Waals surface area contributed by atoms with E-state index in [0.29, 0.717) is 6.54 Å². The van der Waals surface area contributed by atoms with Crippen molar-refractivity contribution in [3.05, 3.63) is 59.2 Å². The lowest BCUT2D eigenvalue weighted by Crippen LogP contribution is -2.45. The standard InChI is InChI=1S/C25H29N5O2/c1-29-11-13-30(14-12-29)10-4-9-26-25(32)20-16-18(7-8-22(20)31)23-21-15-17-5-2-3-6-19(17)24(21)28-27-23/h2-3,5-8,16,31H,4,9-15H2,1H3,(H,26,32)(H,27,28). The summed E-state index contributed by atoms with van der Waals surface area (Å²) in [5.41, 5.74) is 6.58. The Bertz CT molecular complexity index is 1130. The van der Waals surface area contributed by atoms with Crippen molar-refractivity contribution in [2.75, 3.05) is 46.3 Å². The summed E-state index contributed by atoms with van der Waals surface area (Å²) in [4.78, 5) is 17.5. The van der Waals surface area contributed by atoms with Crippen LogP contribution in [-0.4, -0.2) is 77.3 Å². The number of H-pyrrole nitrogens is 1. The summed E-state index contributed by atoms with van der Waals surface area (Å²) in [6.45, 7) is 5.89. The topological polar surface area (TPSA) is 84.5 Å². The minimum atomic E-state index is -0.252. The van der Waals surface area contributed by atoms with Gasteiger partial charge < -0.3 is 20.2 Å². The lowest BCUT2D eigenvalue weighted by Gasteiger charge is -2.32. The number of hydrogen-bond acceptors (Lipinski definition) is 5. The number of benzene rings is 2. The molecule has 1 aliphatic carbocycles. The Balaban J connectivity index is 1.25. The zero-order chi connectivity index (χ0) is 22.1. The van der Waals surface area contributed by atoms with Crippen LogP contribution in [0.1, 0.15) is 27.9 Å². The number of phenolic OH excluding ortho intramolecular Hbond substituents is 1. The number of carbonyl (C=O) groups is 1. The van der Waals surface area contributed by atoms with Crippen LogP contribution >= 0.6 is 0 Å². The third-order valence-electron chi connectivity index (χ3n) is 6.57. The SMILES string of the molecule is CN1CCN(CCCNC(=O)c2cc(-c3n[nH]c4c3Cc3ccccc3-4)ccc2O)CC1. The molecule has 0 saturated carbocycles. The van der Waals surface area contributed by atoms with Gasteiger partial charge in [-0.1, -0.05) is 24.3 Å². The van der Waals surface area contributed by atoms with E-state index in [1.807, 2.05) is 18.2 Å². The van der Waals surface area contributed by atoms with Crippen LogP contribution in [0.2, 0.25) is 0 Å². The van der Waals surface area contributed by atoms with Crippen LogP contribution in [0.3, 0.4) is 0 Å². The first kappa shape index (κ1) is 20.7. The highest BCUT2D eigenvalue weighted by molar-refractivity contribution is 5.98. The van der Waals surface area contributed by atoms with E-state index in [1.165, 1.54) is 11.1 Å². The molecule has 5 rings (SSSR count). The molecule has 1 aliphatic heterocycles. The average Bonchev–Trinajstić information content (AvgIpc) is 3.38. The Hall–Kier alpha value is -3.16. The molecule has 0 bridgehead atoms. The number of carbonyl (C=O) groups excluding carboxylic acids is 1. The lowest BCUT2D eigenvalue weighted by molar-refractivity contribution is 0.0947. The fourth-order valence-electron chi connectivity index (χ4n) is 4.64. The Morgan fingerprint density at radius 3 is 2.81 bits per heavy atom. The maximum absolute atomic E-state index is 12.8. The zero-order valence-corrected chi connectivity index (χ0v) is 18.4.